The second-order valence-corrected chi connectivity index (χ2v) is 5.16. The van der Waals surface area contributed by atoms with Crippen LogP contribution >= 0.6 is 0 Å². The average Bonchev–Trinajstić information content (AvgIpc) is 3.01. The summed E-state index contributed by atoms with van der Waals surface area (Å²) in [5.74, 6) is 1.01. The molecule has 1 aliphatic carbocycles. The molecule has 1 aromatic heterocycles. The Kier molecular flexibility index (Phi) is 4.42. The highest BCUT2D eigenvalue weighted by Gasteiger charge is 2.23. The second-order valence-electron chi connectivity index (χ2n) is 5.16. The second kappa shape index (κ2) is 6.05. The van der Waals surface area contributed by atoms with E-state index in [9.17, 15) is 4.79 Å². The molecular weight excluding hydrogens is 228 g/mol. The molecule has 1 aromatic rings. The number of rotatable bonds is 5. The number of amides is 1. The van der Waals surface area contributed by atoms with Crippen LogP contribution in [0.1, 0.15) is 38.4 Å². The summed E-state index contributed by atoms with van der Waals surface area (Å²) >= 11 is 0. The third-order valence-corrected chi connectivity index (χ3v) is 3.73. The van der Waals surface area contributed by atoms with Gasteiger partial charge < -0.3 is 9.73 Å². The molecule has 1 saturated carbocycles. The van der Waals surface area contributed by atoms with E-state index in [1.54, 1.807) is 6.26 Å². The van der Waals surface area contributed by atoms with Gasteiger partial charge in [0.1, 0.15) is 5.76 Å². The summed E-state index contributed by atoms with van der Waals surface area (Å²) in [6, 6.07) is 4.05. The maximum absolute atomic E-state index is 12.1. The van der Waals surface area contributed by atoms with Gasteiger partial charge >= 0.3 is 0 Å². The van der Waals surface area contributed by atoms with Crippen molar-refractivity contribution in [3.8, 4) is 0 Å². The zero-order valence-electron chi connectivity index (χ0n) is 11.2. The Labute approximate surface area is 108 Å². The molecule has 0 aromatic carbocycles. The molecule has 18 heavy (non-hydrogen) atoms. The Morgan fingerprint density at radius 1 is 1.56 bits per heavy atom. The molecule has 0 aliphatic heterocycles. The number of hydrogen-bond acceptors (Lipinski definition) is 3. The molecule has 1 fully saturated rings. The molecule has 2 rings (SSSR count). The van der Waals surface area contributed by atoms with Crippen LogP contribution in [0.2, 0.25) is 0 Å². The van der Waals surface area contributed by atoms with Gasteiger partial charge in [0.25, 0.3) is 0 Å². The minimum absolute atomic E-state index is 0.121. The molecule has 1 atom stereocenters. The molecule has 1 amide bonds. The van der Waals surface area contributed by atoms with E-state index in [0.29, 0.717) is 12.6 Å². The van der Waals surface area contributed by atoms with E-state index in [0.717, 1.165) is 18.6 Å². The van der Waals surface area contributed by atoms with E-state index in [1.807, 2.05) is 31.0 Å². The van der Waals surface area contributed by atoms with Gasteiger partial charge in [-0.05, 0) is 38.9 Å². The van der Waals surface area contributed by atoms with E-state index in [1.165, 1.54) is 12.8 Å². The summed E-state index contributed by atoms with van der Waals surface area (Å²) in [7, 11) is 1.95. The fraction of sp³-hybridized carbons (Fsp3) is 0.643. The van der Waals surface area contributed by atoms with E-state index in [-0.39, 0.29) is 11.9 Å². The van der Waals surface area contributed by atoms with Crippen LogP contribution in [0, 0.1) is 0 Å². The minimum Gasteiger partial charge on any atom is -0.468 e. The number of likely N-dealkylation sites (N-methyl/N-ethyl adjacent to an activating group) is 1. The number of carbonyl (C=O) groups is 1. The number of carbonyl (C=O) groups excluding carboxylic acids is 1. The molecule has 1 heterocycles. The van der Waals surface area contributed by atoms with E-state index >= 15 is 0 Å². The topological polar surface area (TPSA) is 45.5 Å². The molecule has 0 spiro atoms. The molecule has 1 N–H and O–H groups in total. The number of hydrogen-bond donors (Lipinski definition) is 1. The molecule has 0 radical (unpaired) electrons. The van der Waals surface area contributed by atoms with Crippen molar-refractivity contribution >= 4 is 5.91 Å². The Morgan fingerprint density at radius 2 is 2.28 bits per heavy atom. The van der Waals surface area contributed by atoms with Crippen molar-refractivity contribution in [2.75, 3.05) is 7.05 Å². The largest absolute Gasteiger partial charge is 0.468 e. The molecule has 0 bridgehead atoms. The smallest absolute Gasteiger partial charge is 0.237 e. The SMILES string of the molecule is C[C@@H](C(=O)NC1CCCC1)N(C)Cc1ccco1. The van der Waals surface area contributed by atoms with Crippen molar-refractivity contribution in [3.05, 3.63) is 24.2 Å². The van der Waals surface area contributed by atoms with E-state index in [4.69, 9.17) is 4.42 Å². The quantitative estimate of drug-likeness (QED) is 0.871. The molecule has 0 saturated heterocycles. The summed E-state index contributed by atoms with van der Waals surface area (Å²) in [6.07, 6.45) is 6.39. The molecule has 4 heteroatoms. The van der Waals surface area contributed by atoms with Gasteiger partial charge in [0.2, 0.25) is 5.91 Å². The van der Waals surface area contributed by atoms with Gasteiger partial charge in [-0.25, -0.2) is 0 Å². The Bertz CT molecular complexity index is 369. The minimum atomic E-state index is -0.129. The van der Waals surface area contributed by atoms with Crippen molar-refractivity contribution < 1.29 is 9.21 Å². The fourth-order valence-electron chi connectivity index (χ4n) is 2.38. The van der Waals surface area contributed by atoms with Crippen molar-refractivity contribution in [2.24, 2.45) is 0 Å². The van der Waals surface area contributed by atoms with E-state index < -0.39 is 0 Å². The highest BCUT2D eigenvalue weighted by molar-refractivity contribution is 5.81. The normalized spacial score (nSPS) is 18.2. The van der Waals surface area contributed by atoms with Gasteiger partial charge in [-0.15, -0.1) is 0 Å². The van der Waals surface area contributed by atoms with Crippen molar-refractivity contribution in [2.45, 2.75) is 51.2 Å². The molecule has 0 unspecified atom stereocenters. The summed E-state index contributed by atoms with van der Waals surface area (Å²) in [4.78, 5) is 14.1. The first kappa shape index (κ1) is 13.1. The summed E-state index contributed by atoms with van der Waals surface area (Å²) in [5.41, 5.74) is 0. The Balaban J connectivity index is 1.81. The summed E-state index contributed by atoms with van der Waals surface area (Å²) < 4.78 is 5.29. The third kappa shape index (κ3) is 3.35. The van der Waals surface area contributed by atoms with Crippen molar-refractivity contribution in [1.82, 2.24) is 10.2 Å². The van der Waals surface area contributed by atoms with Gasteiger partial charge in [-0.1, -0.05) is 12.8 Å². The lowest BCUT2D eigenvalue weighted by atomic mass is 10.2. The third-order valence-electron chi connectivity index (χ3n) is 3.73. The highest BCUT2D eigenvalue weighted by Crippen LogP contribution is 2.18. The van der Waals surface area contributed by atoms with Gasteiger partial charge in [-0.3, -0.25) is 9.69 Å². The molecule has 4 nitrogen and oxygen atoms in total. The van der Waals surface area contributed by atoms with Gasteiger partial charge in [0.05, 0.1) is 18.8 Å². The Hall–Kier alpha value is -1.29. The van der Waals surface area contributed by atoms with E-state index in [2.05, 4.69) is 5.32 Å². The van der Waals surface area contributed by atoms with Crippen LogP contribution in [-0.4, -0.2) is 29.9 Å². The van der Waals surface area contributed by atoms with Crippen LogP contribution in [0.15, 0.2) is 22.8 Å². The maximum Gasteiger partial charge on any atom is 0.237 e. The average molecular weight is 250 g/mol. The lowest BCUT2D eigenvalue weighted by Gasteiger charge is -2.24. The predicted molar refractivity (Wildman–Crippen MR) is 70.0 cm³/mol. The highest BCUT2D eigenvalue weighted by atomic mass is 16.3. The van der Waals surface area contributed by atoms with Crippen LogP contribution in [-0.2, 0) is 11.3 Å². The maximum atomic E-state index is 12.1. The summed E-state index contributed by atoms with van der Waals surface area (Å²) in [5, 5.41) is 3.13. The van der Waals surface area contributed by atoms with Crippen LogP contribution in [0.25, 0.3) is 0 Å². The lowest BCUT2D eigenvalue weighted by Crippen LogP contribution is -2.45. The zero-order valence-corrected chi connectivity index (χ0v) is 11.2. The first-order valence-corrected chi connectivity index (χ1v) is 6.70. The van der Waals surface area contributed by atoms with Crippen LogP contribution in [0.4, 0.5) is 0 Å². The Morgan fingerprint density at radius 3 is 2.89 bits per heavy atom. The fourth-order valence-corrected chi connectivity index (χ4v) is 2.38. The predicted octanol–water partition coefficient (Wildman–Crippen LogP) is 2.16. The molecular formula is C14H22N2O2. The first-order valence-electron chi connectivity index (χ1n) is 6.70. The lowest BCUT2D eigenvalue weighted by molar-refractivity contribution is -0.126. The van der Waals surface area contributed by atoms with Gasteiger partial charge in [0.15, 0.2) is 0 Å². The molecule has 100 valence electrons. The zero-order chi connectivity index (χ0) is 13.0. The number of nitrogens with zero attached hydrogens (tertiary/aromatic N) is 1. The summed E-state index contributed by atoms with van der Waals surface area (Å²) in [6.45, 7) is 2.60. The standard InChI is InChI=1S/C14H22N2O2/c1-11(14(17)15-12-6-3-4-7-12)16(2)10-13-8-5-9-18-13/h5,8-9,11-12H,3-4,6-7,10H2,1-2H3,(H,15,17)/t11-/m0/s1. The van der Waals surface area contributed by atoms with Crippen LogP contribution in [0.3, 0.4) is 0 Å². The van der Waals surface area contributed by atoms with Crippen molar-refractivity contribution in [3.63, 3.8) is 0 Å². The first-order chi connectivity index (χ1) is 8.66. The van der Waals surface area contributed by atoms with Crippen molar-refractivity contribution in [1.29, 1.82) is 0 Å². The monoisotopic (exact) mass is 250 g/mol. The van der Waals surface area contributed by atoms with Gasteiger partial charge in [0, 0.05) is 6.04 Å². The van der Waals surface area contributed by atoms with Crippen LogP contribution < -0.4 is 5.32 Å². The molecule has 1 aliphatic rings. The van der Waals surface area contributed by atoms with Gasteiger partial charge in [-0.2, -0.15) is 0 Å². The number of nitrogens with one attached hydrogen (secondary N) is 1. The van der Waals surface area contributed by atoms with Crippen LogP contribution in [0.5, 0.6) is 0 Å². The number of furan rings is 1.